The van der Waals surface area contributed by atoms with Gasteiger partial charge < -0.3 is 14.7 Å². The molecule has 2 aromatic rings. The zero-order valence-electron chi connectivity index (χ0n) is 13.4. The third-order valence-electron chi connectivity index (χ3n) is 3.10. The van der Waals surface area contributed by atoms with E-state index in [0.29, 0.717) is 24.7 Å². The number of benzene rings is 1. The summed E-state index contributed by atoms with van der Waals surface area (Å²) in [7, 11) is 3.78. The Hall–Kier alpha value is -1.16. The number of aryl methyl sites for hydroxylation is 1. The van der Waals surface area contributed by atoms with E-state index < -0.39 is 0 Å². The van der Waals surface area contributed by atoms with Gasteiger partial charge in [-0.15, -0.1) is 24.0 Å². The number of hydrogen-bond donors (Lipinski definition) is 1. The number of guanidine groups is 1. The fourth-order valence-corrected chi connectivity index (χ4v) is 2.31. The van der Waals surface area contributed by atoms with Gasteiger partial charge in [0.25, 0.3) is 0 Å². The molecule has 1 N–H and O–H groups in total. The van der Waals surface area contributed by atoms with E-state index in [0.717, 1.165) is 17.0 Å². The molecule has 0 amide bonds. The van der Waals surface area contributed by atoms with Gasteiger partial charge in [0, 0.05) is 38.1 Å². The van der Waals surface area contributed by atoms with Crippen LogP contribution in [0.15, 0.2) is 38.3 Å². The van der Waals surface area contributed by atoms with Gasteiger partial charge in [0.1, 0.15) is 0 Å². The normalized spacial score (nSPS) is 11.0. The van der Waals surface area contributed by atoms with Crippen molar-refractivity contribution >= 4 is 45.9 Å². The van der Waals surface area contributed by atoms with Gasteiger partial charge in [-0.1, -0.05) is 33.2 Å². The first-order valence-corrected chi connectivity index (χ1v) is 7.83. The molecule has 126 valence electrons. The lowest BCUT2D eigenvalue weighted by molar-refractivity contribution is 0.373. The Kier molecular flexibility index (Phi) is 8.53. The maximum Gasteiger partial charge on any atom is 0.228 e. The standard InChI is InChI=1S/C15H20BrN5O.HI/c1-11-19-14(22-20-11)8-9-18-15(17-2)21(3)10-12-4-6-13(16)7-5-12;/h4-7H,8-10H2,1-3H3,(H,17,18);1H. The number of halogens is 2. The fraction of sp³-hybridized carbons (Fsp3) is 0.400. The van der Waals surface area contributed by atoms with E-state index in [4.69, 9.17) is 4.52 Å². The maximum atomic E-state index is 5.09. The van der Waals surface area contributed by atoms with Crippen molar-refractivity contribution in [2.24, 2.45) is 4.99 Å². The predicted octanol–water partition coefficient (Wildman–Crippen LogP) is 3.01. The number of rotatable bonds is 5. The molecular formula is C15H21BrIN5O. The summed E-state index contributed by atoms with van der Waals surface area (Å²) in [5.74, 6) is 2.13. The quantitative estimate of drug-likeness (QED) is 0.394. The van der Waals surface area contributed by atoms with Crippen LogP contribution in [0.2, 0.25) is 0 Å². The minimum atomic E-state index is 0. The second kappa shape index (κ2) is 9.86. The minimum Gasteiger partial charge on any atom is -0.356 e. The lowest BCUT2D eigenvalue weighted by atomic mass is 10.2. The molecule has 0 aliphatic carbocycles. The highest BCUT2D eigenvalue weighted by molar-refractivity contribution is 14.0. The van der Waals surface area contributed by atoms with Crippen molar-refractivity contribution in [3.8, 4) is 0 Å². The van der Waals surface area contributed by atoms with Crippen LogP contribution in [0.5, 0.6) is 0 Å². The maximum absolute atomic E-state index is 5.09. The molecule has 0 radical (unpaired) electrons. The largest absolute Gasteiger partial charge is 0.356 e. The Labute approximate surface area is 161 Å². The molecular weight excluding hydrogens is 473 g/mol. The average molecular weight is 494 g/mol. The lowest BCUT2D eigenvalue weighted by Crippen LogP contribution is -2.39. The van der Waals surface area contributed by atoms with Crippen LogP contribution < -0.4 is 5.32 Å². The molecule has 23 heavy (non-hydrogen) atoms. The number of aliphatic imine (C=N–C) groups is 1. The highest BCUT2D eigenvalue weighted by atomic mass is 127. The number of nitrogens with zero attached hydrogens (tertiary/aromatic N) is 4. The monoisotopic (exact) mass is 493 g/mol. The third kappa shape index (κ3) is 6.46. The first kappa shape index (κ1) is 19.9. The molecule has 0 atom stereocenters. The molecule has 2 rings (SSSR count). The highest BCUT2D eigenvalue weighted by Gasteiger charge is 2.08. The molecule has 0 saturated heterocycles. The van der Waals surface area contributed by atoms with Crippen molar-refractivity contribution < 1.29 is 4.52 Å². The molecule has 1 aromatic carbocycles. The zero-order chi connectivity index (χ0) is 15.9. The van der Waals surface area contributed by atoms with Gasteiger partial charge in [0.2, 0.25) is 5.89 Å². The van der Waals surface area contributed by atoms with Crippen molar-refractivity contribution in [3.63, 3.8) is 0 Å². The number of aromatic nitrogens is 2. The topological polar surface area (TPSA) is 66.5 Å². The Morgan fingerprint density at radius 1 is 1.35 bits per heavy atom. The first-order valence-electron chi connectivity index (χ1n) is 7.04. The molecule has 0 bridgehead atoms. The molecule has 0 fully saturated rings. The Balaban J connectivity index is 0.00000264. The van der Waals surface area contributed by atoms with Gasteiger partial charge in [-0.25, -0.2) is 0 Å². The van der Waals surface area contributed by atoms with Crippen LogP contribution >= 0.6 is 39.9 Å². The summed E-state index contributed by atoms with van der Waals surface area (Å²) in [5, 5.41) is 7.07. The van der Waals surface area contributed by atoms with Crippen LogP contribution in [0.3, 0.4) is 0 Å². The number of nitrogens with one attached hydrogen (secondary N) is 1. The predicted molar refractivity (Wildman–Crippen MR) is 105 cm³/mol. The molecule has 0 saturated carbocycles. The van der Waals surface area contributed by atoms with E-state index in [2.05, 4.69) is 53.4 Å². The van der Waals surface area contributed by atoms with Crippen LogP contribution in [-0.4, -0.2) is 41.6 Å². The molecule has 0 unspecified atom stereocenters. The Morgan fingerprint density at radius 3 is 2.61 bits per heavy atom. The molecule has 0 spiro atoms. The summed E-state index contributed by atoms with van der Waals surface area (Å²) in [6.45, 7) is 3.29. The van der Waals surface area contributed by atoms with Crippen molar-refractivity contribution in [2.75, 3.05) is 20.6 Å². The highest BCUT2D eigenvalue weighted by Crippen LogP contribution is 2.11. The van der Waals surface area contributed by atoms with E-state index >= 15 is 0 Å². The zero-order valence-corrected chi connectivity index (χ0v) is 17.3. The van der Waals surface area contributed by atoms with Gasteiger partial charge >= 0.3 is 0 Å². The van der Waals surface area contributed by atoms with E-state index in [-0.39, 0.29) is 24.0 Å². The molecule has 1 heterocycles. The molecule has 0 aliphatic rings. The van der Waals surface area contributed by atoms with E-state index in [1.54, 1.807) is 7.05 Å². The molecule has 0 aliphatic heterocycles. The van der Waals surface area contributed by atoms with Crippen LogP contribution in [0, 0.1) is 6.92 Å². The van der Waals surface area contributed by atoms with Crippen molar-refractivity contribution in [3.05, 3.63) is 46.0 Å². The van der Waals surface area contributed by atoms with Crippen LogP contribution in [-0.2, 0) is 13.0 Å². The third-order valence-corrected chi connectivity index (χ3v) is 3.63. The van der Waals surface area contributed by atoms with Gasteiger partial charge in [0.05, 0.1) is 0 Å². The van der Waals surface area contributed by atoms with Crippen molar-refractivity contribution in [1.29, 1.82) is 0 Å². The summed E-state index contributed by atoms with van der Waals surface area (Å²) in [6.07, 6.45) is 0.673. The van der Waals surface area contributed by atoms with Gasteiger partial charge in [-0.2, -0.15) is 4.98 Å². The summed E-state index contributed by atoms with van der Waals surface area (Å²) in [4.78, 5) is 10.5. The van der Waals surface area contributed by atoms with Crippen molar-refractivity contribution in [2.45, 2.75) is 19.9 Å². The van der Waals surface area contributed by atoms with E-state index in [9.17, 15) is 0 Å². The summed E-state index contributed by atoms with van der Waals surface area (Å²) in [6, 6.07) is 8.26. The number of hydrogen-bond acceptors (Lipinski definition) is 4. The lowest BCUT2D eigenvalue weighted by Gasteiger charge is -2.22. The van der Waals surface area contributed by atoms with Gasteiger partial charge in [-0.05, 0) is 24.6 Å². The smallest absolute Gasteiger partial charge is 0.228 e. The average Bonchev–Trinajstić information content (AvgIpc) is 2.91. The van der Waals surface area contributed by atoms with Crippen molar-refractivity contribution in [1.82, 2.24) is 20.4 Å². The minimum absolute atomic E-state index is 0. The summed E-state index contributed by atoms with van der Waals surface area (Å²) < 4.78 is 6.17. The Bertz CT molecular complexity index is 629. The van der Waals surface area contributed by atoms with Crippen LogP contribution in [0.1, 0.15) is 17.3 Å². The second-order valence-electron chi connectivity index (χ2n) is 4.94. The summed E-state index contributed by atoms with van der Waals surface area (Å²) in [5.41, 5.74) is 1.22. The first-order chi connectivity index (χ1) is 10.6. The fourth-order valence-electron chi connectivity index (χ4n) is 2.05. The Morgan fingerprint density at radius 2 is 2.04 bits per heavy atom. The molecule has 6 nitrogen and oxygen atoms in total. The van der Waals surface area contributed by atoms with Crippen LogP contribution in [0.4, 0.5) is 0 Å². The van der Waals surface area contributed by atoms with E-state index in [1.807, 2.05) is 26.1 Å². The SMILES string of the molecule is CN=C(NCCc1nc(C)no1)N(C)Cc1ccc(Br)cc1.I. The van der Waals surface area contributed by atoms with E-state index in [1.165, 1.54) is 5.56 Å². The van der Waals surface area contributed by atoms with Crippen LogP contribution in [0.25, 0.3) is 0 Å². The van der Waals surface area contributed by atoms with Gasteiger partial charge in [-0.3, -0.25) is 4.99 Å². The molecule has 1 aromatic heterocycles. The summed E-state index contributed by atoms with van der Waals surface area (Å²) >= 11 is 3.44. The second-order valence-corrected chi connectivity index (χ2v) is 5.86. The van der Waals surface area contributed by atoms with Gasteiger partial charge in [0.15, 0.2) is 11.8 Å². The molecule has 8 heteroatoms.